The third-order valence-corrected chi connectivity index (χ3v) is 2.31. The molecule has 2 atom stereocenters. The van der Waals surface area contributed by atoms with Gasteiger partial charge in [0.25, 0.3) is 0 Å². The van der Waals surface area contributed by atoms with Crippen LogP contribution < -0.4 is 5.32 Å². The normalized spacial score (nSPS) is 24.4. The van der Waals surface area contributed by atoms with E-state index in [0.29, 0.717) is 18.7 Å². The second-order valence-electron chi connectivity index (χ2n) is 3.46. The zero-order chi connectivity index (χ0) is 9.97. The Morgan fingerprint density at radius 1 is 1.43 bits per heavy atom. The number of benzene rings is 1. The van der Waals surface area contributed by atoms with Crippen LogP contribution in [-0.4, -0.2) is 18.6 Å². The highest BCUT2D eigenvalue weighted by Crippen LogP contribution is 2.29. The van der Waals surface area contributed by atoms with Crippen molar-refractivity contribution in [2.24, 2.45) is 0 Å². The first kappa shape index (κ1) is 9.21. The van der Waals surface area contributed by atoms with E-state index in [-0.39, 0.29) is 5.97 Å². The van der Waals surface area contributed by atoms with Gasteiger partial charge in [-0.3, -0.25) is 4.79 Å². The second kappa shape index (κ2) is 3.80. The van der Waals surface area contributed by atoms with Gasteiger partial charge in [-0.25, -0.2) is 0 Å². The molecule has 1 fully saturated rings. The molecular weight excluding hydrogens is 178 g/mol. The van der Waals surface area contributed by atoms with Crippen molar-refractivity contribution in [2.45, 2.75) is 19.0 Å². The molecular formula is C11H13NO2. The molecule has 74 valence electrons. The van der Waals surface area contributed by atoms with Crippen LogP contribution in [0.3, 0.4) is 0 Å². The molecule has 3 heteroatoms. The lowest BCUT2D eigenvalue weighted by Gasteiger charge is -1.98. The number of ether oxygens (including phenoxy) is 1. The van der Waals surface area contributed by atoms with E-state index in [9.17, 15) is 4.79 Å². The van der Waals surface area contributed by atoms with E-state index in [1.54, 1.807) is 0 Å². The van der Waals surface area contributed by atoms with Gasteiger partial charge >= 0.3 is 5.97 Å². The minimum Gasteiger partial charge on any atom is -0.464 e. The van der Waals surface area contributed by atoms with Crippen molar-refractivity contribution in [1.29, 1.82) is 0 Å². The molecule has 0 spiro atoms. The molecule has 1 aliphatic rings. The maximum atomic E-state index is 10.6. The van der Waals surface area contributed by atoms with Crippen molar-refractivity contribution in [2.75, 3.05) is 6.61 Å². The molecule has 0 amide bonds. The van der Waals surface area contributed by atoms with E-state index in [1.807, 2.05) is 18.2 Å². The van der Waals surface area contributed by atoms with Gasteiger partial charge in [-0.15, -0.1) is 0 Å². The molecule has 1 aromatic carbocycles. The quantitative estimate of drug-likeness (QED) is 0.578. The molecule has 1 aliphatic heterocycles. The number of rotatable bonds is 3. The first-order chi connectivity index (χ1) is 6.77. The number of hydrogen-bond donors (Lipinski definition) is 1. The predicted octanol–water partition coefficient (Wildman–Crippen LogP) is 1.26. The third kappa shape index (κ3) is 2.12. The number of carbonyl (C=O) groups excluding carboxylic acids is 1. The monoisotopic (exact) mass is 191 g/mol. The Kier molecular flexibility index (Phi) is 2.50. The maximum Gasteiger partial charge on any atom is 0.302 e. The van der Waals surface area contributed by atoms with Crippen molar-refractivity contribution in [1.82, 2.24) is 5.32 Å². The van der Waals surface area contributed by atoms with Gasteiger partial charge in [-0.1, -0.05) is 30.3 Å². The second-order valence-corrected chi connectivity index (χ2v) is 3.46. The van der Waals surface area contributed by atoms with Gasteiger partial charge in [0.05, 0.1) is 12.1 Å². The summed E-state index contributed by atoms with van der Waals surface area (Å²) in [6.07, 6.45) is 0. The highest BCUT2D eigenvalue weighted by atomic mass is 16.5. The summed E-state index contributed by atoms with van der Waals surface area (Å²) in [5.41, 5.74) is 1.25. The average Bonchev–Trinajstić information content (AvgIpc) is 2.95. The lowest BCUT2D eigenvalue weighted by molar-refractivity contribution is -0.140. The van der Waals surface area contributed by atoms with Crippen LogP contribution in [0.5, 0.6) is 0 Å². The predicted molar refractivity (Wildman–Crippen MR) is 52.7 cm³/mol. The van der Waals surface area contributed by atoms with Crippen molar-refractivity contribution >= 4 is 5.97 Å². The summed E-state index contributed by atoms with van der Waals surface area (Å²) in [4.78, 5) is 10.6. The highest BCUT2D eigenvalue weighted by Gasteiger charge is 2.37. The molecule has 1 aromatic rings. The fourth-order valence-corrected chi connectivity index (χ4v) is 1.52. The fraction of sp³-hybridized carbons (Fsp3) is 0.364. The average molecular weight is 191 g/mol. The molecule has 1 N–H and O–H groups in total. The van der Waals surface area contributed by atoms with Crippen LogP contribution in [-0.2, 0) is 9.53 Å². The number of carbonyl (C=O) groups is 1. The van der Waals surface area contributed by atoms with Gasteiger partial charge in [0.1, 0.15) is 6.61 Å². The van der Waals surface area contributed by atoms with E-state index in [2.05, 4.69) is 17.4 Å². The molecule has 1 heterocycles. The SMILES string of the molecule is CC(=O)OC[C@@H]1N[C@@H]1c1ccccc1. The van der Waals surface area contributed by atoms with Crippen LogP contribution in [0.1, 0.15) is 18.5 Å². The Hall–Kier alpha value is -1.35. The molecule has 2 rings (SSSR count). The van der Waals surface area contributed by atoms with Gasteiger partial charge in [0.15, 0.2) is 0 Å². The van der Waals surface area contributed by atoms with Gasteiger partial charge < -0.3 is 10.1 Å². The number of nitrogens with one attached hydrogen (secondary N) is 1. The van der Waals surface area contributed by atoms with Gasteiger partial charge in [0, 0.05) is 6.92 Å². The van der Waals surface area contributed by atoms with Crippen molar-refractivity contribution in [3.63, 3.8) is 0 Å². The lowest BCUT2D eigenvalue weighted by atomic mass is 10.1. The fourth-order valence-electron chi connectivity index (χ4n) is 1.52. The molecule has 0 radical (unpaired) electrons. The van der Waals surface area contributed by atoms with E-state index in [1.165, 1.54) is 12.5 Å². The molecule has 0 aromatic heterocycles. The Bertz CT molecular complexity index is 323. The summed E-state index contributed by atoms with van der Waals surface area (Å²) in [5.74, 6) is -0.217. The molecule has 0 saturated carbocycles. The summed E-state index contributed by atoms with van der Waals surface area (Å²) in [6, 6.07) is 10.8. The molecule has 0 bridgehead atoms. The van der Waals surface area contributed by atoms with Crippen molar-refractivity contribution in [3.05, 3.63) is 35.9 Å². The molecule has 0 unspecified atom stereocenters. The first-order valence-electron chi connectivity index (χ1n) is 4.72. The van der Waals surface area contributed by atoms with E-state index in [4.69, 9.17) is 4.74 Å². The van der Waals surface area contributed by atoms with E-state index < -0.39 is 0 Å². The third-order valence-electron chi connectivity index (χ3n) is 2.31. The Morgan fingerprint density at radius 2 is 2.14 bits per heavy atom. The summed E-state index contributed by atoms with van der Waals surface area (Å²) in [6.45, 7) is 1.90. The van der Waals surface area contributed by atoms with Crippen LogP contribution in [0, 0.1) is 0 Å². The first-order valence-corrected chi connectivity index (χ1v) is 4.72. The maximum absolute atomic E-state index is 10.6. The van der Waals surface area contributed by atoms with Crippen molar-refractivity contribution in [3.8, 4) is 0 Å². The topological polar surface area (TPSA) is 48.2 Å². The molecule has 1 saturated heterocycles. The molecule has 3 nitrogen and oxygen atoms in total. The van der Waals surface area contributed by atoms with Gasteiger partial charge in [-0.2, -0.15) is 0 Å². The van der Waals surface area contributed by atoms with Crippen LogP contribution >= 0.6 is 0 Å². The highest BCUT2D eigenvalue weighted by molar-refractivity contribution is 5.66. The molecule has 14 heavy (non-hydrogen) atoms. The zero-order valence-electron chi connectivity index (χ0n) is 8.07. The Balaban J connectivity index is 1.85. The summed E-state index contributed by atoms with van der Waals surface area (Å²) >= 11 is 0. The summed E-state index contributed by atoms with van der Waals surface area (Å²) in [5, 5.41) is 3.26. The van der Waals surface area contributed by atoms with Gasteiger partial charge in [0.2, 0.25) is 0 Å². The number of esters is 1. The van der Waals surface area contributed by atoms with Gasteiger partial charge in [-0.05, 0) is 5.56 Å². The van der Waals surface area contributed by atoms with Crippen LogP contribution in [0.15, 0.2) is 30.3 Å². The standard InChI is InChI=1S/C11H13NO2/c1-8(13)14-7-10-11(12-10)9-5-3-2-4-6-9/h2-6,10-12H,7H2,1H3/t10-,11+/m0/s1. The Morgan fingerprint density at radius 3 is 2.79 bits per heavy atom. The lowest BCUT2D eigenvalue weighted by Crippen LogP contribution is -2.08. The minimum atomic E-state index is -0.217. The summed E-state index contributed by atoms with van der Waals surface area (Å²) in [7, 11) is 0. The zero-order valence-corrected chi connectivity index (χ0v) is 8.07. The van der Waals surface area contributed by atoms with Crippen LogP contribution in [0.2, 0.25) is 0 Å². The minimum absolute atomic E-state index is 0.217. The summed E-state index contributed by atoms with van der Waals surface area (Å²) < 4.78 is 4.92. The van der Waals surface area contributed by atoms with E-state index in [0.717, 1.165) is 0 Å². The van der Waals surface area contributed by atoms with E-state index >= 15 is 0 Å². The van der Waals surface area contributed by atoms with Crippen LogP contribution in [0.4, 0.5) is 0 Å². The largest absolute Gasteiger partial charge is 0.464 e. The van der Waals surface area contributed by atoms with Crippen molar-refractivity contribution < 1.29 is 9.53 Å². The smallest absolute Gasteiger partial charge is 0.302 e. The molecule has 0 aliphatic carbocycles. The van der Waals surface area contributed by atoms with Crippen LogP contribution in [0.25, 0.3) is 0 Å². The number of hydrogen-bond acceptors (Lipinski definition) is 3. The Labute approximate surface area is 83.1 Å².